The van der Waals surface area contributed by atoms with E-state index >= 15 is 0 Å². The Balaban J connectivity index is 2.90. The maximum Gasteiger partial charge on any atom is 0.292 e. The molecule has 3 N–H and O–H groups in total. The Morgan fingerprint density at radius 2 is 2.06 bits per heavy atom. The van der Waals surface area contributed by atoms with Gasteiger partial charge in [0, 0.05) is 24.2 Å². The summed E-state index contributed by atoms with van der Waals surface area (Å²) in [4.78, 5) is 10.3. The largest absolute Gasteiger partial charge is 0.378 e. The zero-order valence-electron chi connectivity index (χ0n) is 10.6. The lowest BCUT2D eigenvalue weighted by atomic mass is 9.94. The molecule has 0 aromatic heterocycles. The molecule has 18 heavy (non-hydrogen) atoms. The number of benzene rings is 1. The van der Waals surface area contributed by atoms with Gasteiger partial charge in [0.1, 0.15) is 11.5 Å². The van der Waals surface area contributed by atoms with Crippen molar-refractivity contribution < 1.29 is 9.31 Å². The minimum Gasteiger partial charge on any atom is -0.378 e. The van der Waals surface area contributed by atoms with E-state index in [4.69, 9.17) is 5.73 Å². The van der Waals surface area contributed by atoms with E-state index in [1.165, 1.54) is 0 Å². The van der Waals surface area contributed by atoms with Crippen molar-refractivity contribution in [2.75, 3.05) is 11.9 Å². The summed E-state index contributed by atoms with van der Waals surface area (Å²) >= 11 is 0. The van der Waals surface area contributed by atoms with E-state index in [-0.39, 0.29) is 11.4 Å². The van der Waals surface area contributed by atoms with Crippen molar-refractivity contribution >= 4 is 11.4 Å². The van der Waals surface area contributed by atoms with E-state index in [9.17, 15) is 14.5 Å². The van der Waals surface area contributed by atoms with E-state index in [1.807, 2.05) is 13.8 Å². The van der Waals surface area contributed by atoms with Gasteiger partial charge in [-0.3, -0.25) is 10.1 Å². The van der Waals surface area contributed by atoms with Crippen LogP contribution in [0.3, 0.4) is 0 Å². The molecule has 0 fully saturated rings. The second-order valence-electron chi connectivity index (χ2n) is 4.34. The van der Waals surface area contributed by atoms with Crippen LogP contribution >= 0.6 is 0 Å². The van der Waals surface area contributed by atoms with Crippen LogP contribution in [0.5, 0.6) is 0 Å². The van der Waals surface area contributed by atoms with E-state index in [0.29, 0.717) is 6.54 Å². The first-order valence-electron chi connectivity index (χ1n) is 5.88. The number of nitrogens with two attached hydrogens (primary N) is 1. The molecule has 0 spiro atoms. The Bertz CT molecular complexity index is 433. The van der Waals surface area contributed by atoms with Gasteiger partial charge in [-0.1, -0.05) is 13.8 Å². The number of hydrogen-bond donors (Lipinski definition) is 2. The molecule has 0 bridgehead atoms. The molecular weight excluding hydrogens is 237 g/mol. The summed E-state index contributed by atoms with van der Waals surface area (Å²) in [7, 11) is 0. The molecule has 1 rings (SSSR count). The van der Waals surface area contributed by atoms with Crippen LogP contribution in [0.15, 0.2) is 18.2 Å². The number of nitrogens with one attached hydrogen (secondary N) is 1. The van der Waals surface area contributed by atoms with Gasteiger partial charge >= 0.3 is 0 Å². The van der Waals surface area contributed by atoms with Crippen molar-refractivity contribution in [3.63, 3.8) is 0 Å². The lowest BCUT2D eigenvalue weighted by molar-refractivity contribution is -0.384. The molecule has 5 nitrogen and oxygen atoms in total. The van der Waals surface area contributed by atoms with Crippen molar-refractivity contribution in [2.45, 2.75) is 32.2 Å². The molecule has 0 aliphatic carbocycles. The monoisotopic (exact) mass is 255 g/mol. The minimum absolute atomic E-state index is 0.147. The van der Waals surface area contributed by atoms with Crippen molar-refractivity contribution in [1.29, 1.82) is 0 Å². The number of hydrogen-bond acceptors (Lipinski definition) is 4. The van der Waals surface area contributed by atoms with Gasteiger partial charge in [-0.2, -0.15) is 0 Å². The molecule has 0 unspecified atom stereocenters. The maximum absolute atomic E-state index is 13.1. The van der Waals surface area contributed by atoms with Crippen LogP contribution in [-0.4, -0.2) is 17.0 Å². The standard InChI is InChI=1S/C12H18FN3O2/c1-3-12(14,4-2)8-15-10-7-9(13)5-6-11(10)16(17)18/h5-7,15H,3-4,8,14H2,1-2H3. The molecule has 0 aliphatic heterocycles. The summed E-state index contributed by atoms with van der Waals surface area (Å²) in [6.45, 7) is 4.26. The third-order valence-electron chi connectivity index (χ3n) is 3.19. The Kier molecular flexibility index (Phi) is 4.61. The van der Waals surface area contributed by atoms with Gasteiger partial charge in [0.05, 0.1) is 4.92 Å². The van der Waals surface area contributed by atoms with E-state index in [0.717, 1.165) is 31.0 Å². The van der Waals surface area contributed by atoms with E-state index in [2.05, 4.69) is 5.32 Å². The first-order valence-corrected chi connectivity index (χ1v) is 5.88. The minimum atomic E-state index is -0.544. The molecule has 6 heteroatoms. The summed E-state index contributed by atoms with van der Waals surface area (Å²) in [5, 5.41) is 13.7. The third-order valence-corrected chi connectivity index (χ3v) is 3.19. The van der Waals surface area contributed by atoms with Crippen LogP contribution in [0.2, 0.25) is 0 Å². The number of nitro benzene ring substituents is 1. The van der Waals surface area contributed by atoms with Crippen LogP contribution in [0.25, 0.3) is 0 Å². The SMILES string of the molecule is CCC(N)(CC)CNc1cc(F)ccc1[N+](=O)[O-]. The Morgan fingerprint density at radius 3 is 2.56 bits per heavy atom. The van der Waals surface area contributed by atoms with Gasteiger partial charge in [-0.05, 0) is 18.9 Å². The number of rotatable bonds is 6. The van der Waals surface area contributed by atoms with Crippen molar-refractivity contribution in [3.05, 3.63) is 34.1 Å². The number of nitrogens with zero attached hydrogens (tertiary/aromatic N) is 1. The average Bonchev–Trinajstić information content (AvgIpc) is 2.35. The van der Waals surface area contributed by atoms with E-state index in [1.54, 1.807) is 0 Å². The highest BCUT2D eigenvalue weighted by atomic mass is 19.1. The highest BCUT2D eigenvalue weighted by Gasteiger charge is 2.22. The molecule has 0 atom stereocenters. The predicted molar refractivity (Wildman–Crippen MR) is 69.0 cm³/mol. The summed E-state index contributed by atoms with van der Waals surface area (Å²) in [6, 6.07) is 3.33. The lowest BCUT2D eigenvalue weighted by Crippen LogP contribution is -2.45. The predicted octanol–water partition coefficient (Wildman–Crippen LogP) is 2.66. The fourth-order valence-corrected chi connectivity index (χ4v) is 1.58. The van der Waals surface area contributed by atoms with Crippen LogP contribution < -0.4 is 11.1 Å². The summed E-state index contributed by atoms with van der Waals surface area (Å²) in [5.41, 5.74) is 5.65. The second-order valence-corrected chi connectivity index (χ2v) is 4.34. The number of nitro groups is 1. The molecule has 0 heterocycles. The fourth-order valence-electron chi connectivity index (χ4n) is 1.58. The van der Waals surface area contributed by atoms with Crippen LogP contribution in [0, 0.1) is 15.9 Å². The summed E-state index contributed by atoms with van der Waals surface area (Å²) in [6.07, 6.45) is 1.47. The maximum atomic E-state index is 13.1. The first kappa shape index (κ1) is 14.4. The van der Waals surface area contributed by atoms with Crippen molar-refractivity contribution in [2.24, 2.45) is 5.73 Å². The van der Waals surface area contributed by atoms with Gasteiger partial charge in [-0.15, -0.1) is 0 Å². The Hall–Kier alpha value is -1.69. The summed E-state index contributed by atoms with van der Waals surface area (Å²) < 4.78 is 13.1. The molecule has 0 radical (unpaired) electrons. The second kappa shape index (κ2) is 5.77. The molecule has 1 aromatic rings. The number of anilines is 1. The Morgan fingerprint density at radius 1 is 1.44 bits per heavy atom. The normalized spacial score (nSPS) is 11.3. The van der Waals surface area contributed by atoms with E-state index < -0.39 is 16.3 Å². The highest BCUT2D eigenvalue weighted by molar-refractivity contribution is 5.61. The zero-order valence-corrected chi connectivity index (χ0v) is 10.6. The molecular formula is C12H18FN3O2. The lowest BCUT2D eigenvalue weighted by Gasteiger charge is -2.27. The van der Waals surface area contributed by atoms with Gasteiger partial charge in [0.25, 0.3) is 5.69 Å². The van der Waals surface area contributed by atoms with Crippen LogP contribution in [0.4, 0.5) is 15.8 Å². The van der Waals surface area contributed by atoms with Crippen LogP contribution in [0.1, 0.15) is 26.7 Å². The highest BCUT2D eigenvalue weighted by Crippen LogP contribution is 2.25. The van der Waals surface area contributed by atoms with Gasteiger partial charge in [-0.25, -0.2) is 4.39 Å². The molecule has 0 amide bonds. The Labute approximate surface area is 105 Å². The average molecular weight is 255 g/mol. The quantitative estimate of drug-likeness (QED) is 0.605. The fraction of sp³-hybridized carbons (Fsp3) is 0.500. The molecule has 0 saturated heterocycles. The van der Waals surface area contributed by atoms with Gasteiger partial charge in [0.15, 0.2) is 0 Å². The van der Waals surface area contributed by atoms with Gasteiger partial charge in [0.2, 0.25) is 0 Å². The molecule has 0 saturated carbocycles. The van der Waals surface area contributed by atoms with Crippen molar-refractivity contribution in [1.82, 2.24) is 0 Å². The zero-order chi connectivity index (χ0) is 13.8. The van der Waals surface area contributed by atoms with Gasteiger partial charge < -0.3 is 11.1 Å². The smallest absolute Gasteiger partial charge is 0.292 e. The first-order chi connectivity index (χ1) is 8.41. The molecule has 1 aromatic carbocycles. The topological polar surface area (TPSA) is 81.2 Å². The van der Waals surface area contributed by atoms with Crippen molar-refractivity contribution in [3.8, 4) is 0 Å². The molecule has 100 valence electrons. The molecule has 0 aliphatic rings. The summed E-state index contributed by atoms with van der Waals surface area (Å²) in [5.74, 6) is -0.515. The van der Waals surface area contributed by atoms with Crippen LogP contribution in [-0.2, 0) is 0 Å². The number of halogens is 1. The third kappa shape index (κ3) is 3.40.